The van der Waals surface area contributed by atoms with Crippen LogP contribution in [0.1, 0.15) is 0 Å². The van der Waals surface area contributed by atoms with Crippen LogP contribution in [0, 0.1) is 0 Å². The Balaban J connectivity index is 2.37. The summed E-state index contributed by atoms with van der Waals surface area (Å²) in [5.41, 5.74) is 18.2. The molecule has 0 unspecified atom stereocenters. The average Bonchev–Trinajstić information content (AvgIpc) is 2.63. The number of aromatic nitrogens is 2. The van der Waals surface area contributed by atoms with Gasteiger partial charge in [0.2, 0.25) is 5.96 Å². The molecule has 1 aromatic carbocycles. The molecule has 82 valence electrons. The van der Waals surface area contributed by atoms with Crippen molar-refractivity contribution in [2.24, 2.45) is 27.2 Å². The van der Waals surface area contributed by atoms with E-state index in [1.807, 2.05) is 6.07 Å². The fourth-order valence-corrected chi connectivity index (χ4v) is 1.28. The minimum absolute atomic E-state index is 0.0128. The van der Waals surface area contributed by atoms with Crippen molar-refractivity contribution in [1.82, 2.24) is 9.97 Å². The first-order valence-corrected chi connectivity index (χ1v) is 4.52. The van der Waals surface area contributed by atoms with E-state index in [1.165, 1.54) is 0 Å². The maximum atomic E-state index is 5.50. The van der Waals surface area contributed by atoms with Crippen LogP contribution in [0.2, 0.25) is 0 Å². The number of aliphatic imine (C=N–C) groups is 2. The molecule has 0 amide bonds. The number of nitrogens with one attached hydrogen (secondary N) is 1. The number of aromatic amines is 1. The van der Waals surface area contributed by atoms with E-state index in [-0.39, 0.29) is 11.9 Å². The van der Waals surface area contributed by atoms with Gasteiger partial charge >= 0.3 is 0 Å². The number of hydrogen-bond donors (Lipinski definition) is 4. The van der Waals surface area contributed by atoms with Gasteiger partial charge in [0.05, 0.1) is 23.0 Å². The molecule has 0 aliphatic rings. The molecule has 0 saturated heterocycles. The molecule has 0 saturated carbocycles. The molecule has 0 bridgehead atoms. The van der Waals surface area contributed by atoms with Crippen LogP contribution in [0.4, 0.5) is 5.69 Å². The Morgan fingerprint density at radius 3 is 2.81 bits per heavy atom. The van der Waals surface area contributed by atoms with Gasteiger partial charge in [0.15, 0.2) is 5.96 Å². The second kappa shape index (κ2) is 3.89. The first kappa shape index (κ1) is 9.97. The zero-order valence-electron chi connectivity index (χ0n) is 8.38. The number of rotatable bonds is 1. The molecule has 16 heavy (non-hydrogen) atoms. The second-order valence-electron chi connectivity index (χ2n) is 3.11. The van der Waals surface area contributed by atoms with Crippen molar-refractivity contribution in [2.75, 3.05) is 0 Å². The molecule has 7 nitrogen and oxygen atoms in total. The average molecular weight is 217 g/mol. The summed E-state index contributed by atoms with van der Waals surface area (Å²) in [5, 5.41) is 0. The molecule has 0 fully saturated rings. The Kier molecular flexibility index (Phi) is 2.42. The van der Waals surface area contributed by atoms with Gasteiger partial charge in [-0.25, -0.2) is 9.98 Å². The molecular formula is C9H11N7. The first-order valence-electron chi connectivity index (χ1n) is 4.52. The van der Waals surface area contributed by atoms with E-state index in [9.17, 15) is 0 Å². The summed E-state index contributed by atoms with van der Waals surface area (Å²) in [4.78, 5) is 14.7. The van der Waals surface area contributed by atoms with Crippen LogP contribution in [-0.4, -0.2) is 21.9 Å². The van der Waals surface area contributed by atoms with Gasteiger partial charge in [-0.05, 0) is 18.2 Å². The number of guanidine groups is 2. The number of nitrogens with two attached hydrogens (primary N) is 3. The van der Waals surface area contributed by atoms with Gasteiger partial charge in [-0.3, -0.25) is 0 Å². The van der Waals surface area contributed by atoms with E-state index >= 15 is 0 Å². The quantitative estimate of drug-likeness (QED) is 0.388. The monoisotopic (exact) mass is 217 g/mol. The maximum absolute atomic E-state index is 5.50. The van der Waals surface area contributed by atoms with E-state index in [2.05, 4.69) is 20.0 Å². The number of imidazole rings is 1. The molecule has 0 atom stereocenters. The predicted octanol–water partition coefficient (Wildman–Crippen LogP) is -0.217. The Hall–Kier alpha value is -2.57. The number of hydrogen-bond acceptors (Lipinski definition) is 2. The van der Waals surface area contributed by atoms with Crippen molar-refractivity contribution >= 4 is 28.6 Å². The Bertz CT molecular complexity index is 562. The second-order valence-corrected chi connectivity index (χ2v) is 3.11. The number of benzene rings is 1. The van der Waals surface area contributed by atoms with Crippen molar-refractivity contribution in [3.63, 3.8) is 0 Å². The van der Waals surface area contributed by atoms with Gasteiger partial charge in [0, 0.05) is 0 Å². The molecule has 7 heteroatoms. The van der Waals surface area contributed by atoms with Crippen LogP contribution in [0.25, 0.3) is 11.0 Å². The highest BCUT2D eigenvalue weighted by atomic mass is 15.1. The summed E-state index contributed by atoms with van der Waals surface area (Å²) in [6, 6.07) is 5.41. The molecule has 0 radical (unpaired) electrons. The van der Waals surface area contributed by atoms with Crippen LogP contribution in [0.15, 0.2) is 34.5 Å². The summed E-state index contributed by atoms with van der Waals surface area (Å²) >= 11 is 0. The highest BCUT2D eigenvalue weighted by Crippen LogP contribution is 2.18. The summed E-state index contributed by atoms with van der Waals surface area (Å²) in [7, 11) is 0. The lowest BCUT2D eigenvalue weighted by molar-refractivity contribution is 1.34. The van der Waals surface area contributed by atoms with Crippen molar-refractivity contribution in [3.05, 3.63) is 24.5 Å². The number of nitrogens with zero attached hydrogens (tertiary/aromatic N) is 3. The SMILES string of the molecule is NC(N)=NC(N)=Nc1ccc2nc[nH]c2c1. The Morgan fingerprint density at radius 2 is 2.06 bits per heavy atom. The Labute approximate surface area is 91.1 Å². The highest BCUT2D eigenvalue weighted by Gasteiger charge is 1.97. The van der Waals surface area contributed by atoms with E-state index in [4.69, 9.17) is 17.2 Å². The first-order chi connectivity index (χ1) is 7.65. The summed E-state index contributed by atoms with van der Waals surface area (Å²) in [5.74, 6) is -0.109. The lowest BCUT2D eigenvalue weighted by atomic mass is 10.3. The van der Waals surface area contributed by atoms with E-state index in [0.29, 0.717) is 5.69 Å². The number of H-pyrrole nitrogens is 1. The smallest absolute Gasteiger partial charge is 0.223 e. The third-order valence-electron chi connectivity index (χ3n) is 1.89. The van der Waals surface area contributed by atoms with Crippen LogP contribution in [0.5, 0.6) is 0 Å². The molecule has 0 spiro atoms. The van der Waals surface area contributed by atoms with Crippen LogP contribution < -0.4 is 17.2 Å². The van der Waals surface area contributed by atoms with E-state index in [0.717, 1.165) is 11.0 Å². The minimum Gasteiger partial charge on any atom is -0.370 e. The molecule has 7 N–H and O–H groups in total. The fraction of sp³-hybridized carbons (Fsp3) is 0. The summed E-state index contributed by atoms with van der Waals surface area (Å²) < 4.78 is 0. The van der Waals surface area contributed by atoms with Crippen LogP contribution in [-0.2, 0) is 0 Å². The maximum Gasteiger partial charge on any atom is 0.223 e. The highest BCUT2D eigenvalue weighted by molar-refractivity contribution is 5.94. The molecule has 2 aromatic rings. The zero-order valence-corrected chi connectivity index (χ0v) is 8.38. The topological polar surface area (TPSA) is 131 Å². The Morgan fingerprint density at radius 1 is 1.25 bits per heavy atom. The van der Waals surface area contributed by atoms with Crippen LogP contribution in [0.3, 0.4) is 0 Å². The van der Waals surface area contributed by atoms with E-state index in [1.54, 1.807) is 18.5 Å². The van der Waals surface area contributed by atoms with Gasteiger partial charge in [0.25, 0.3) is 0 Å². The van der Waals surface area contributed by atoms with E-state index < -0.39 is 0 Å². The van der Waals surface area contributed by atoms with Gasteiger partial charge < -0.3 is 22.2 Å². The fourth-order valence-electron chi connectivity index (χ4n) is 1.28. The molecule has 2 rings (SSSR count). The number of fused-ring (bicyclic) bond motifs is 1. The third-order valence-corrected chi connectivity index (χ3v) is 1.89. The van der Waals surface area contributed by atoms with Gasteiger partial charge in [-0.15, -0.1) is 0 Å². The molecule has 0 aliphatic carbocycles. The molecule has 0 aliphatic heterocycles. The molecule has 1 aromatic heterocycles. The van der Waals surface area contributed by atoms with Crippen molar-refractivity contribution in [3.8, 4) is 0 Å². The third kappa shape index (κ3) is 2.08. The molecule has 1 heterocycles. The minimum atomic E-state index is -0.121. The van der Waals surface area contributed by atoms with Gasteiger partial charge in [-0.1, -0.05) is 0 Å². The lowest BCUT2D eigenvalue weighted by Crippen LogP contribution is -2.26. The lowest BCUT2D eigenvalue weighted by Gasteiger charge is -1.96. The largest absolute Gasteiger partial charge is 0.370 e. The van der Waals surface area contributed by atoms with Gasteiger partial charge in [0.1, 0.15) is 0 Å². The van der Waals surface area contributed by atoms with Gasteiger partial charge in [-0.2, -0.15) is 4.99 Å². The van der Waals surface area contributed by atoms with Crippen molar-refractivity contribution in [2.45, 2.75) is 0 Å². The normalized spacial score (nSPS) is 11.6. The predicted molar refractivity (Wildman–Crippen MR) is 63.2 cm³/mol. The summed E-state index contributed by atoms with van der Waals surface area (Å²) in [6.07, 6.45) is 1.61. The standard InChI is InChI=1S/C9H11N7/c10-8(11)16-9(12)15-5-1-2-6-7(3-5)14-4-13-6/h1-4H,(H,13,14)(H6,10,11,12,15,16). The summed E-state index contributed by atoms with van der Waals surface area (Å²) in [6.45, 7) is 0. The van der Waals surface area contributed by atoms with Crippen LogP contribution >= 0.6 is 0 Å². The van der Waals surface area contributed by atoms with Crippen molar-refractivity contribution < 1.29 is 0 Å². The van der Waals surface area contributed by atoms with Crippen molar-refractivity contribution in [1.29, 1.82) is 0 Å². The molecular weight excluding hydrogens is 206 g/mol. The zero-order chi connectivity index (χ0) is 11.5.